The summed E-state index contributed by atoms with van der Waals surface area (Å²) in [5.41, 5.74) is 0. The molecule has 0 saturated carbocycles. The van der Waals surface area contributed by atoms with Gasteiger partial charge in [0.05, 0.1) is 39.9 Å². The van der Waals surface area contributed by atoms with Crippen molar-refractivity contribution in [1.29, 1.82) is 0 Å². The minimum atomic E-state index is -4.59. The fourth-order valence-corrected chi connectivity index (χ4v) is 7.93. The van der Waals surface area contributed by atoms with Gasteiger partial charge in [0.25, 0.3) is 7.82 Å². The maximum absolute atomic E-state index is 12.9. The van der Waals surface area contributed by atoms with Gasteiger partial charge in [-0.15, -0.1) is 0 Å². The van der Waals surface area contributed by atoms with E-state index in [4.69, 9.17) is 9.05 Å². The highest BCUT2D eigenvalue weighted by Gasteiger charge is 2.23. The van der Waals surface area contributed by atoms with E-state index in [1.807, 2.05) is 27.2 Å². The van der Waals surface area contributed by atoms with E-state index in [1.165, 1.54) is 173 Å². The van der Waals surface area contributed by atoms with Gasteiger partial charge in [-0.1, -0.05) is 205 Å². The van der Waals surface area contributed by atoms with Crippen LogP contribution in [0.1, 0.15) is 232 Å². The second-order valence-corrected chi connectivity index (χ2v) is 19.6. The van der Waals surface area contributed by atoms with Crippen LogP contribution in [0, 0.1) is 0 Å². The molecule has 0 radical (unpaired) electrons. The minimum Gasteiger partial charge on any atom is -0.756 e. The number of nitrogens with zero attached hydrogens (tertiary/aromatic N) is 1. The molecule has 2 N–H and O–H groups in total. The van der Waals surface area contributed by atoms with E-state index in [0.717, 1.165) is 38.5 Å². The van der Waals surface area contributed by atoms with Crippen molar-refractivity contribution in [2.45, 2.75) is 244 Å². The molecular formula is C49H97N2O6P. The van der Waals surface area contributed by atoms with Crippen LogP contribution in [0.2, 0.25) is 0 Å². The molecule has 0 fully saturated rings. The molecule has 0 heterocycles. The molecule has 0 saturated heterocycles. The first-order valence-electron chi connectivity index (χ1n) is 24.7. The molecule has 0 aliphatic heterocycles. The lowest BCUT2D eigenvalue weighted by molar-refractivity contribution is -0.870. The van der Waals surface area contributed by atoms with Crippen molar-refractivity contribution >= 4 is 13.7 Å². The molecule has 8 nitrogen and oxygen atoms in total. The van der Waals surface area contributed by atoms with Gasteiger partial charge in [-0.3, -0.25) is 9.36 Å². The zero-order valence-electron chi connectivity index (χ0n) is 39.0. The summed E-state index contributed by atoms with van der Waals surface area (Å²) in [4.78, 5) is 25.4. The summed E-state index contributed by atoms with van der Waals surface area (Å²) in [6.45, 7) is 4.66. The van der Waals surface area contributed by atoms with Crippen LogP contribution in [0.3, 0.4) is 0 Å². The molecule has 344 valence electrons. The van der Waals surface area contributed by atoms with Gasteiger partial charge in [-0.2, -0.15) is 0 Å². The molecule has 9 heteroatoms. The Hall–Kier alpha value is -1.02. The largest absolute Gasteiger partial charge is 0.756 e. The second-order valence-electron chi connectivity index (χ2n) is 18.2. The van der Waals surface area contributed by atoms with Crippen LogP contribution in [-0.4, -0.2) is 68.5 Å². The Labute approximate surface area is 360 Å². The van der Waals surface area contributed by atoms with E-state index in [0.29, 0.717) is 17.4 Å². The molecule has 0 aromatic rings. The molecule has 1 amide bonds. The number of likely N-dealkylation sites (N-methyl/N-ethyl adjacent to an activating group) is 1. The number of carbonyl (C=O) groups excluding carboxylic acids is 1. The monoisotopic (exact) mass is 841 g/mol. The van der Waals surface area contributed by atoms with Crippen molar-refractivity contribution in [2.75, 3.05) is 40.9 Å². The Morgan fingerprint density at radius 1 is 0.586 bits per heavy atom. The number of amides is 1. The normalized spacial score (nSPS) is 14.4. The predicted octanol–water partition coefficient (Wildman–Crippen LogP) is 13.5. The van der Waals surface area contributed by atoms with Crippen molar-refractivity contribution in [3.8, 4) is 0 Å². The van der Waals surface area contributed by atoms with Crippen molar-refractivity contribution in [3.05, 3.63) is 24.3 Å². The lowest BCUT2D eigenvalue weighted by Crippen LogP contribution is -2.45. The van der Waals surface area contributed by atoms with E-state index in [-0.39, 0.29) is 19.1 Å². The smallest absolute Gasteiger partial charge is 0.268 e. The maximum Gasteiger partial charge on any atom is 0.268 e. The number of unbranched alkanes of at least 4 members (excludes halogenated alkanes) is 30. The SMILES string of the molecule is CCCCCCCCCC/C=C\CCCCCCCCCCCC(=O)NC(COP(=O)([O-])OCC[N+](C)(C)C)C(O)/C=C/CCCCCCCCCCCCCCC. The number of hydrogen-bond donors (Lipinski definition) is 2. The van der Waals surface area contributed by atoms with Crippen LogP contribution in [0.4, 0.5) is 0 Å². The number of carbonyl (C=O) groups is 1. The van der Waals surface area contributed by atoms with Crippen LogP contribution in [0.5, 0.6) is 0 Å². The molecule has 0 aliphatic rings. The van der Waals surface area contributed by atoms with Gasteiger partial charge in [-0.05, 0) is 44.9 Å². The molecule has 0 aliphatic carbocycles. The summed E-state index contributed by atoms with van der Waals surface area (Å²) in [7, 11) is 1.27. The summed E-state index contributed by atoms with van der Waals surface area (Å²) in [6, 6.07) is -0.884. The molecule has 0 aromatic carbocycles. The molecule has 3 unspecified atom stereocenters. The molecule has 0 rings (SSSR count). The number of phosphoric ester groups is 1. The van der Waals surface area contributed by atoms with E-state index < -0.39 is 20.0 Å². The summed E-state index contributed by atoms with van der Waals surface area (Å²) < 4.78 is 23.2. The zero-order valence-corrected chi connectivity index (χ0v) is 39.9. The maximum atomic E-state index is 12.9. The Balaban J connectivity index is 4.31. The number of quaternary nitrogens is 1. The third kappa shape index (κ3) is 43.1. The van der Waals surface area contributed by atoms with Gasteiger partial charge < -0.3 is 28.8 Å². The number of aliphatic hydroxyl groups is 1. The molecule has 3 atom stereocenters. The average Bonchev–Trinajstić information content (AvgIpc) is 3.17. The molecule has 58 heavy (non-hydrogen) atoms. The minimum absolute atomic E-state index is 0.0000421. The predicted molar refractivity (Wildman–Crippen MR) is 247 cm³/mol. The fraction of sp³-hybridized carbons (Fsp3) is 0.898. The third-order valence-electron chi connectivity index (χ3n) is 11.2. The van der Waals surface area contributed by atoms with Crippen molar-refractivity contribution in [1.82, 2.24) is 5.32 Å². The number of allylic oxidation sites excluding steroid dienone is 3. The average molecular weight is 841 g/mol. The number of nitrogens with one attached hydrogen (secondary N) is 1. The number of aliphatic hydroxyl groups excluding tert-OH is 1. The van der Waals surface area contributed by atoms with Crippen LogP contribution >= 0.6 is 7.82 Å². The molecule has 0 bridgehead atoms. The first-order valence-corrected chi connectivity index (χ1v) is 26.2. The summed E-state index contributed by atoms with van der Waals surface area (Å²) >= 11 is 0. The first kappa shape index (κ1) is 57.0. The van der Waals surface area contributed by atoms with E-state index in [2.05, 4.69) is 31.3 Å². The second kappa shape index (κ2) is 41.3. The van der Waals surface area contributed by atoms with Gasteiger partial charge >= 0.3 is 0 Å². The first-order chi connectivity index (χ1) is 28.0. The quantitative estimate of drug-likeness (QED) is 0.0274. The number of hydrogen-bond acceptors (Lipinski definition) is 6. The third-order valence-corrected chi connectivity index (χ3v) is 12.1. The van der Waals surface area contributed by atoms with Gasteiger partial charge in [0.2, 0.25) is 5.91 Å². The lowest BCUT2D eigenvalue weighted by atomic mass is 10.0. The molecule has 0 aromatic heterocycles. The topological polar surface area (TPSA) is 108 Å². The Morgan fingerprint density at radius 2 is 0.948 bits per heavy atom. The number of phosphoric acid groups is 1. The molecular weight excluding hydrogens is 744 g/mol. The Morgan fingerprint density at radius 3 is 1.34 bits per heavy atom. The van der Waals surface area contributed by atoms with E-state index >= 15 is 0 Å². The van der Waals surface area contributed by atoms with Gasteiger partial charge in [0.1, 0.15) is 13.2 Å². The molecule has 0 spiro atoms. The zero-order chi connectivity index (χ0) is 42.8. The van der Waals surface area contributed by atoms with Crippen molar-refractivity contribution in [2.24, 2.45) is 0 Å². The lowest BCUT2D eigenvalue weighted by Gasteiger charge is -2.29. The standard InChI is InChI=1S/C49H97N2O6P/c1-6-8-10-12-14-16-18-20-22-23-24-25-26-27-29-31-33-35-37-39-41-43-49(53)50-47(46-57-58(54,55)56-45-44-51(3,4)5)48(52)42-40-38-36-34-32-30-28-21-19-17-15-13-11-9-7-2/h23-24,40,42,47-48,52H,6-22,25-39,41,43-46H2,1-5H3,(H-,50,53,54,55)/b24-23-,42-40+. The highest BCUT2D eigenvalue weighted by molar-refractivity contribution is 7.45. The van der Waals surface area contributed by atoms with Gasteiger partial charge in [0.15, 0.2) is 0 Å². The highest BCUT2D eigenvalue weighted by atomic mass is 31.2. The van der Waals surface area contributed by atoms with E-state index in [1.54, 1.807) is 6.08 Å². The van der Waals surface area contributed by atoms with Crippen LogP contribution in [0.15, 0.2) is 24.3 Å². The van der Waals surface area contributed by atoms with Crippen molar-refractivity contribution in [3.63, 3.8) is 0 Å². The van der Waals surface area contributed by atoms with Gasteiger partial charge in [-0.25, -0.2) is 0 Å². The van der Waals surface area contributed by atoms with E-state index in [9.17, 15) is 19.4 Å². The van der Waals surface area contributed by atoms with Crippen LogP contribution in [0.25, 0.3) is 0 Å². The van der Waals surface area contributed by atoms with Crippen LogP contribution in [-0.2, 0) is 18.4 Å². The summed E-state index contributed by atoms with van der Waals surface area (Å²) in [5, 5.41) is 13.8. The number of rotatable bonds is 45. The van der Waals surface area contributed by atoms with Crippen molar-refractivity contribution < 1.29 is 32.9 Å². The Kier molecular flexibility index (Phi) is 40.6. The Bertz CT molecular complexity index is 1000. The fourth-order valence-electron chi connectivity index (χ4n) is 7.21. The highest BCUT2D eigenvalue weighted by Crippen LogP contribution is 2.38. The van der Waals surface area contributed by atoms with Gasteiger partial charge in [0, 0.05) is 6.42 Å². The summed E-state index contributed by atoms with van der Waals surface area (Å²) in [5.74, 6) is -0.198. The summed E-state index contributed by atoms with van der Waals surface area (Å²) in [6.07, 6.45) is 49.4. The van der Waals surface area contributed by atoms with Crippen LogP contribution < -0.4 is 10.2 Å².